The second-order valence-electron chi connectivity index (χ2n) is 8.98. The van der Waals surface area contributed by atoms with E-state index in [1.165, 1.54) is 0 Å². The van der Waals surface area contributed by atoms with Crippen LogP contribution in [0.4, 0.5) is 0 Å². The summed E-state index contributed by atoms with van der Waals surface area (Å²) >= 11 is 0. The van der Waals surface area contributed by atoms with E-state index in [0.717, 1.165) is 5.56 Å². The van der Waals surface area contributed by atoms with Crippen LogP contribution in [0, 0.1) is 5.92 Å². The molecule has 4 atom stereocenters. The lowest BCUT2D eigenvalue weighted by atomic mass is 10.0. The van der Waals surface area contributed by atoms with Gasteiger partial charge in [0.2, 0.25) is 17.7 Å². The van der Waals surface area contributed by atoms with Crippen molar-refractivity contribution in [1.82, 2.24) is 16.0 Å². The van der Waals surface area contributed by atoms with Gasteiger partial charge in [0.05, 0.1) is 12.5 Å². The van der Waals surface area contributed by atoms with Crippen LogP contribution in [0.5, 0.6) is 0 Å². The minimum atomic E-state index is -1.68. The molecule has 13 heteroatoms. The molecular formula is C24H34N4O9. The van der Waals surface area contributed by atoms with Gasteiger partial charge in [-0.1, -0.05) is 44.2 Å². The van der Waals surface area contributed by atoms with E-state index in [4.69, 9.17) is 10.8 Å². The molecule has 0 saturated heterocycles. The van der Waals surface area contributed by atoms with E-state index in [1.807, 2.05) is 0 Å². The van der Waals surface area contributed by atoms with Crippen molar-refractivity contribution in [2.45, 2.75) is 70.1 Å². The molecule has 3 amide bonds. The summed E-state index contributed by atoms with van der Waals surface area (Å²) < 4.78 is 0. The third kappa shape index (κ3) is 12.0. The van der Waals surface area contributed by atoms with Crippen LogP contribution in [0.2, 0.25) is 0 Å². The molecular weight excluding hydrogens is 488 g/mol. The molecule has 0 spiro atoms. The Morgan fingerprint density at radius 3 is 1.84 bits per heavy atom. The first-order chi connectivity index (χ1) is 17.3. The maximum Gasteiger partial charge on any atom is 0.326 e. The van der Waals surface area contributed by atoms with Crippen LogP contribution in [0.3, 0.4) is 0 Å². The molecule has 13 nitrogen and oxygen atoms in total. The topological polar surface area (TPSA) is 225 Å². The highest BCUT2D eigenvalue weighted by Crippen LogP contribution is 2.08. The fourth-order valence-electron chi connectivity index (χ4n) is 3.40. The van der Waals surface area contributed by atoms with Crippen molar-refractivity contribution in [3.8, 4) is 0 Å². The SMILES string of the molecule is CC(C)CC(NC(=O)C(CC(=O)O)NC(=O)C(CCC(=O)O)NC(=O)C(N)Cc1ccccc1)C(=O)O. The van der Waals surface area contributed by atoms with E-state index in [-0.39, 0.29) is 25.2 Å². The molecule has 0 bridgehead atoms. The predicted octanol–water partition coefficient (Wildman–Crippen LogP) is -0.519. The Morgan fingerprint density at radius 1 is 0.784 bits per heavy atom. The van der Waals surface area contributed by atoms with Crippen molar-refractivity contribution >= 4 is 35.6 Å². The summed E-state index contributed by atoms with van der Waals surface area (Å²) in [6.07, 6.45) is -1.56. The first kappa shape index (κ1) is 31.0. The number of benzene rings is 1. The first-order valence-electron chi connectivity index (χ1n) is 11.7. The van der Waals surface area contributed by atoms with E-state index in [0.29, 0.717) is 0 Å². The van der Waals surface area contributed by atoms with Crippen LogP contribution in [0.15, 0.2) is 30.3 Å². The molecule has 0 aromatic heterocycles. The molecule has 0 aliphatic rings. The zero-order valence-corrected chi connectivity index (χ0v) is 20.7. The van der Waals surface area contributed by atoms with Gasteiger partial charge in [-0.25, -0.2) is 4.79 Å². The number of carboxylic acids is 3. The van der Waals surface area contributed by atoms with Crippen LogP contribution >= 0.6 is 0 Å². The number of amides is 3. The second kappa shape index (κ2) is 15.2. The molecule has 1 aromatic rings. The molecule has 204 valence electrons. The van der Waals surface area contributed by atoms with Crippen molar-refractivity contribution in [2.75, 3.05) is 0 Å². The van der Waals surface area contributed by atoms with E-state index in [2.05, 4.69) is 16.0 Å². The van der Waals surface area contributed by atoms with Gasteiger partial charge in [0.15, 0.2) is 0 Å². The monoisotopic (exact) mass is 522 g/mol. The van der Waals surface area contributed by atoms with Gasteiger partial charge >= 0.3 is 17.9 Å². The minimum Gasteiger partial charge on any atom is -0.481 e. The van der Waals surface area contributed by atoms with Gasteiger partial charge in [-0.3, -0.25) is 24.0 Å². The van der Waals surface area contributed by atoms with Crippen LogP contribution in [0.25, 0.3) is 0 Å². The Bertz CT molecular complexity index is 968. The molecule has 0 heterocycles. The van der Waals surface area contributed by atoms with Gasteiger partial charge in [-0.05, 0) is 30.7 Å². The first-order valence-corrected chi connectivity index (χ1v) is 11.7. The zero-order valence-electron chi connectivity index (χ0n) is 20.7. The van der Waals surface area contributed by atoms with E-state index in [9.17, 15) is 39.0 Å². The smallest absolute Gasteiger partial charge is 0.326 e. The fraction of sp³-hybridized carbons (Fsp3) is 0.500. The van der Waals surface area contributed by atoms with E-state index < -0.39 is 72.6 Å². The Kier molecular flexibility index (Phi) is 12.7. The highest BCUT2D eigenvalue weighted by molar-refractivity contribution is 5.95. The zero-order chi connectivity index (χ0) is 28.1. The number of nitrogens with one attached hydrogen (secondary N) is 3. The van der Waals surface area contributed by atoms with E-state index >= 15 is 0 Å². The van der Waals surface area contributed by atoms with Crippen LogP contribution < -0.4 is 21.7 Å². The summed E-state index contributed by atoms with van der Waals surface area (Å²) in [7, 11) is 0. The third-order valence-electron chi connectivity index (χ3n) is 5.25. The maximum atomic E-state index is 12.9. The molecule has 0 aliphatic heterocycles. The maximum absolute atomic E-state index is 12.9. The van der Waals surface area contributed by atoms with Crippen molar-refractivity contribution in [3.05, 3.63) is 35.9 Å². The highest BCUT2D eigenvalue weighted by atomic mass is 16.4. The Morgan fingerprint density at radius 2 is 1.32 bits per heavy atom. The number of rotatable bonds is 16. The summed E-state index contributed by atoms with van der Waals surface area (Å²) in [5.74, 6) is -6.96. The van der Waals surface area contributed by atoms with Crippen molar-refractivity contribution < 1.29 is 44.1 Å². The molecule has 0 saturated carbocycles. The Hall–Kier alpha value is -4.00. The predicted molar refractivity (Wildman–Crippen MR) is 130 cm³/mol. The average molecular weight is 523 g/mol. The number of carbonyl (C=O) groups excluding carboxylic acids is 3. The number of nitrogens with two attached hydrogens (primary N) is 1. The standard InChI is InChI=1S/C24H34N4O9/c1-13(2)10-18(24(36)37)28-23(35)17(12-20(31)32)27-22(34)16(8-9-19(29)30)26-21(33)15(25)11-14-6-4-3-5-7-14/h3-7,13,15-18H,8-12,25H2,1-2H3,(H,26,33)(H,27,34)(H,28,35)(H,29,30)(H,31,32)(H,36,37). The van der Waals surface area contributed by atoms with Crippen molar-refractivity contribution in [3.63, 3.8) is 0 Å². The summed E-state index contributed by atoms with van der Waals surface area (Å²) in [4.78, 5) is 72.1. The highest BCUT2D eigenvalue weighted by Gasteiger charge is 2.32. The lowest BCUT2D eigenvalue weighted by Crippen LogP contribution is -2.57. The Balaban J connectivity index is 3.00. The van der Waals surface area contributed by atoms with Gasteiger partial charge < -0.3 is 37.0 Å². The third-order valence-corrected chi connectivity index (χ3v) is 5.25. The molecule has 0 fully saturated rings. The van der Waals surface area contributed by atoms with Gasteiger partial charge in [-0.15, -0.1) is 0 Å². The average Bonchev–Trinajstić information content (AvgIpc) is 2.80. The summed E-state index contributed by atoms with van der Waals surface area (Å²) in [6, 6.07) is 3.28. The van der Waals surface area contributed by atoms with Crippen LogP contribution in [-0.4, -0.2) is 75.1 Å². The van der Waals surface area contributed by atoms with Crippen molar-refractivity contribution in [2.24, 2.45) is 11.7 Å². The van der Waals surface area contributed by atoms with Gasteiger partial charge in [0, 0.05) is 6.42 Å². The second-order valence-corrected chi connectivity index (χ2v) is 8.98. The summed E-state index contributed by atoms with van der Waals surface area (Å²) in [5.41, 5.74) is 6.69. The molecule has 0 aliphatic carbocycles. The van der Waals surface area contributed by atoms with Gasteiger partial charge in [0.25, 0.3) is 0 Å². The van der Waals surface area contributed by atoms with Crippen LogP contribution in [-0.2, 0) is 35.2 Å². The van der Waals surface area contributed by atoms with Gasteiger partial charge in [0.1, 0.15) is 18.1 Å². The summed E-state index contributed by atoms with van der Waals surface area (Å²) in [5, 5.41) is 34.3. The molecule has 37 heavy (non-hydrogen) atoms. The largest absolute Gasteiger partial charge is 0.481 e. The molecule has 4 unspecified atom stereocenters. The number of hydrogen-bond acceptors (Lipinski definition) is 7. The lowest BCUT2D eigenvalue weighted by molar-refractivity contribution is -0.144. The van der Waals surface area contributed by atoms with Gasteiger partial charge in [-0.2, -0.15) is 0 Å². The molecule has 8 N–H and O–H groups in total. The molecule has 1 rings (SSSR count). The molecule has 0 radical (unpaired) electrons. The number of carboxylic acid groups (broad SMARTS) is 3. The minimum absolute atomic E-state index is 0.0609. The molecule has 1 aromatic carbocycles. The van der Waals surface area contributed by atoms with Crippen LogP contribution in [0.1, 0.15) is 45.1 Å². The summed E-state index contributed by atoms with van der Waals surface area (Å²) in [6.45, 7) is 3.47. The Labute approximate surface area is 213 Å². The quantitative estimate of drug-likeness (QED) is 0.147. The number of aliphatic carboxylic acids is 3. The number of hydrogen-bond donors (Lipinski definition) is 7. The lowest BCUT2D eigenvalue weighted by Gasteiger charge is -2.24. The van der Waals surface area contributed by atoms with Crippen molar-refractivity contribution in [1.29, 1.82) is 0 Å². The fourth-order valence-corrected chi connectivity index (χ4v) is 3.40. The van der Waals surface area contributed by atoms with E-state index in [1.54, 1.807) is 44.2 Å². The number of carbonyl (C=O) groups is 6. The normalized spacial score (nSPS) is 14.1.